The fourth-order valence-electron chi connectivity index (χ4n) is 4.37. The van der Waals surface area contributed by atoms with Crippen LogP contribution in [-0.4, -0.2) is 4.57 Å². The van der Waals surface area contributed by atoms with E-state index in [2.05, 4.69) is 65.7 Å². The molecule has 30 heavy (non-hydrogen) atoms. The van der Waals surface area contributed by atoms with Crippen LogP contribution >= 0.6 is 0 Å². The lowest BCUT2D eigenvalue weighted by Crippen LogP contribution is -2.37. The summed E-state index contributed by atoms with van der Waals surface area (Å²) in [6.07, 6.45) is 25.1. The van der Waals surface area contributed by atoms with E-state index in [1.807, 2.05) is 0 Å². The number of unbranched alkanes of at least 4 members (excludes halogenated alkanes) is 12. The Morgan fingerprint density at radius 2 is 1.23 bits per heavy atom. The van der Waals surface area contributed by atoms with Crippen molar-refractivity contribution in [3.05, 3.63) is 54.1 Å². The van der Waals surface area contributed by atoms with E-state index < -0.39 is 0 Å². The molecule has 0 unspecified atom stereocenters. The SMILES string of the molecule is CCCCCCCCCCCCCn1cc[n+](CCCCC)c1Cc1ccccc1. The van der Waals surface area contributed by atoms with Gasteiger partial charge < -0.3 is 0 Å². The van der Waals surface area contributed by atoms with E-state index in [0.29, 0.717) is 0 Å². The van der Waals surface area contributed by atoms with Crippen molar-refractivity contribution in [3.8, 4) is 0 Å². The number of aryl methyl sites for hydroxylation is 2. The number of nitrogens with zero attached hydrogens (tertiary/aromatic N) is 2. The van der Waals surface area contributed by atoms with Gasteiger partial charge in [0.05, 0.1) is 19.5 Å². The molecule has 0 atom stereocenters. The smallest absolute Gasteiger partial charge is 0.234 e. The van der Waals surface area contributed by atoms with Crippen molar-refractivity contribution in [2.24, 2.45) is 0 Å². The standard InChI is InChI=1S/C28H47N2/c1-3-5-7-8-9-10-11-12-13-14-19-23-30-25-24-29(22-18-6-4-2)28(30)26-27-20-16-15-17-21-27/h15-17,20-21,24-25H,3-14,18-19,22-23,26H2,1-2H3/q+1. The van der Waals surface area contributed by atoms with Gasteiger partial charge >= 0.3 is 0 Å². The van der Waals surface area contributed by atoms with Gasteiger partial charge in [0.15, 0.2) is 0 Å². The second kappa shape index (κ2) is 16.2. The highest BCUT2D eigenvalue weighted by atomic mass is 15.1. The van der Waals surface area contributed by atoms with Crippen molar-refractivity contribution in [3.63, 3.8) is 0 Å². The first-order valence-electron chi connectivity index (χ1n) is 13.0. The largest absolute Gasteiger partial charge is 0.260 e. The normalized spacial score (nSPS) is 11.3. The predicted molar refractivity (Wildman–Crippen MR) is 130 cm³/mol. The van der Waals surface area contributed by atoms with E-state index in [0.717, 1.165) is 13.0 Å². The molecule has 2 aromatic rings. The Hall–Kier alpha value is -1.57. The molecular weight excluding hydrogens is 364 g/mol. The quantitative estimate of drug-likeness (QED) is 0.174. The monoisotopic (exact) mass is 411 g/mol. The van der Waals surface area contributed by atoms with Crippen LogP contribution in [0.2, 0.25) is 0 Å². The Balaban J connectivity index is 1.72. The molecule has 2 heteroatoms. The zero-order valence-electron chi connectivity index (χ0n) is 20.0. The molecule has 1 aromatic carbocycles. The number of hydrogen-bond donors (Lipinski definition) is 0. The molecule has 1 heterocycles. The van der Waals surface area contributed by atoms with Crippen LogP contribution < -0.4 is 4.57 Å². The van der Waals surface area contributed by atoms with E-state index in [-0.39, 0.29) is 0 Å². The maximum absolute atomic E-state index is 2.52. The van der Waals surface area contributed by atoms with Crippen LogP contribution in [0.5, 0.6) is 0 Å². The third kappa shape index (κ3) is 9.96. The van der Waals surface area contributed by atoms with E-state index in [9.17, 15) is 0 Å². The molecule has 0 aliphatic heterocycles. The fourth-order valence-corrected chi connectivity index (χ4v) is 4.37. The summed E-state index contributed by atoms with van der Waals surface area (Å²) in [6, 6.07) is 11.0. The second-order valence-electron chi connectivity index (χ2n) is 9.01. The van der Waals surface area contributed by atoms with Gasteiger partial charge in [0, 0.05) is 0 Å². The predicted octanol–water partition coefficient (Wildman–Crippen LogP) is 7.87. The average Bonchev–Trinajstić information content (AvgIpc) is 3.14. The molecule has 0 radical (unpaired) electrons. The number of rotatable bonds is 18. The number of imidazole rings is 1. The lowest BCUT2D eigenvalue weighted by atomic mass is 10.1. The zero-order valence-corrected chi connectivity index (χ0v) is 20.0. The number of hydrogen-bond acceptors (Lipinski definition) is 0. The van der Waals surface area contributed by atoms with Crippen LogP contribution in [0.25, 0.3) is 0 Å². The summed E-state index contributed by atoms with van der Waals surface area (Å²) in [7, 11) is 0. The van der Waals surface area contributed by atoms with Crippen LogP contribution in [0.3, 0.4) is 0 Å². The lowest BCUT2D eigenvalue weighted by molar-refractivity contribution is -0.703. The van der Waals surface area contributed by atoms with Crippen molar-refractivity contribution in [2.75, 3.05) is 0 Å². The highest BCUT2D eigenvalue weighted by molar-refractivity contribution is 5.18. The minimum absolute atomic E-state index is 1.04. The fraction of sp³-hybridized carbons (Fsp3) is 0.679. The van der Waals surface area contributed by atoms with Gasteiger partial charge in [0.1, 0.15) is 12.4 Å². The minimum Gasteiger partial charge on any atom is -0.234 e. The molecule has 0 amide bonds. The molecule has 0 aliphatic carbocycles. The first-order valence-corrected chi connectivity index (χ1v) is 13.0. The zero-order chi connectivity index (χ0) is 21.3. The van der Waals surface area contributed by atoms with Crippen molar-refractivity contribution in [1.82, 2.24) is 4.57 Å². The van der Waals surface area contributed by atoms with E-state index in [1.54, 1.807) is 0 Å². The van der Waals surface area contributed by atoms with Gasteiger partial charge in [-0.15, -0.1) is 0 Å². The van der Waals surface area contributed by atoms with Crippen molar-refractivity contribution >= 4 is 0 Å². The van der Waals surface area contributed by atoms with E-state index in [1.165, 1.54) is 108 Å². The van der Waals surface area contributed by atoms with Crippen molar-refractivity contribution in [2.45, 2.75) is 123 Å². The van der Waals surface area contributed by atoms with Gasteiger partial charge in [-0.25, -0.2) is 9.13 Å². The van der Waals surface area contributed by atoms with Crippen LogP contribution in [0.15, 0.2) is 42.7 Å². The van der Waals surface area contributed by atoms with Crippen LogP contribution in [-0.2, 0) is 19.5 Å². The van der Waals surface area contributed by atoms with Gasteiger partial charge in [-0.3, -0.25) is 0 Å². The van der Waals surface area contributed by atoms with Crippen LogP contribution in [0.1, 0.15) is 115 Å². The summed E-state index contributed by atoms with van der Waals surface area (Å²) >= 11 is 0. The lowest BCUT2D eigenvalue weighted by Gasteiger charge is -2.06. The Kier molecular flexibility index (Phi) is 13.3. The maximum Gasteiger partial charge on any atom is 0.260 e. The summed E-state index contributed by atoms with van der Waals surface area (Å²) in [5, 5.41) is 0. The molecule has 0 saturated heterocycles. The van der Waals surface area contributed by atoms with Gasteiger partial charge in [-0.1, -0.05) is 108 Å². The molecule has 168 valence electrons. The molecule has 0 spiro atoms. The molecule has 2 rings (SSSR count). The molecule has 0 bridgehead atoms. The average molecular weight is 412 g/mol. The number of aromatic nitrogens is 2. The third-order valence-electron chi connectivity index (χ3n) is 6.30. The summed E-state index contributed by atoms with van der Waals surface area (Å²) in [6.45, 7) is 6.90. The van der Waals surface area contributed by atoms with Crippen LogP contribution in [0.4, 0.5) is 0 Å². The molecule has 2 nitrogen and oxygen atoms in total. The summed E-state index contributed by atoms with van der Waals surface area (Å²) in [5.74, 6) is 1.48. The van der Waals surface area contributed by atoms with Gasteiger partial charge in [0.25, 0.3) is 5.82 Å². The second-order valence-corrected chi connectivity index (χ2v) is 9.01. The molecule has 1 aromatic heterocycles. The van der Waals surface area contributed by atoms with Gasteiger partial charge in [-0.2, -0.15) is 0 Å². The molecule has 0 aliphatic rings. The van der Waals surface area contributed by atoms with Crippen molar-refractivity contribution in [1.29, 1.82) is 0 Å². The Morgan fingerprint density at radius 3 is 1.87 bits per heavy atom. The highest BCUT2D eigenvalue weighted by Crippen LogP contribution is 2.13. The molecule has 0 N–H and O–H groups in total. The first-order chi connectivity index (χ1) is 14.8. The number of benzene rings is 1. The first kappa shape index (κ1) is 24.7. The van der Waals surface area contributed by atoms with Crippen molar-refractivity contribution < 1.29 is 4.57 Å². The third-order valence-corrected chi connectivity index (χ3v) is 6.30. The van der Waals surface area contributed by atoms with E-state index in [4.69, 9.17) is 0 Å². The Labute approximate surface area is 186 Å². The highest BCUT2D eigenvalue weighted by Gasteiger charge is 2.17. The topological polar surface area (TPSA) is 8.81 Å². The minimum atomic E-state index is 1.04. The van der Waals surface area contributed by atoms with Crippen LogP contribution in [0, 0.1) is 0 Å². The van der Waals surface area contributed by atoms with Gasteiger partial charge in [-0.05, 0) is 31.2 Å². The molecule has 0 saturated carbocycles. The molecular formula is C28H47N2+. The van der Waals surface area contributed by atoms with Gasteiger partial charge in [0.2, 0.25) is 0 Å². The summed E-state index contributed by atoms with van der Waals surface area (Å²) in [5.41, 5.74) is 1.42. The summed E-state index contributed by atoms with van der Waals surface area (Å²) in [4.78, 5) is 0. The Morgan fingerprint density at radius 1 is 0.667 bits per heavy atom. The Bertz CT molecular complexity index is 644. The van der Waals surface area contributed by atoms with E-state index >= 15 is 0 Å². The maximum atomic E-state index is 2.52. The molecule has 0 fully saturated rings. The summed E-state index contributed by atoms with van der Waals surface area (Å²) < 4.78 is 5.02.